The summed E-state index contributed by atoms with van der Waals surface area (Å²) in [6, 6.07) is 2.11. The van der Waals surface area contributed by atoms with Gasteiger partial charge in [0.05, 0.1) is 11.7 Å². The number of pyridine rings is 1. The lowest BCUT2D eigenvalue weighted by atomic mass is 10.2. The third kappa shape index (κ3) is 4.25. The summed E-state index contributed by atoms with van der Waals surface area (Å²) in [5, 5.41) is 3.30. The van der Waals surface area contributed by atoms with Crippen LogP contribution in [0.2, 0.25) is 0 Å². The molecule has 0 bridgehead atoms. The van der Waals surface area contributed by atoms with E-state index in [1.54, 1.807) is 6.20 Å². The normalized spacial score (nSPS) is 12.1. The van der Waals surface area contributed by atoms with E-state index in [0.29, 0.717) is 6.54 Å². The van der Waals surface area contributed by atoms with Gasteiger partial charge in [0.2, 0.25) is 0 Å². The fourth-order valence-corrected chi connectivity index (χ4v) is 2.45. The van der Waals surface area contributed by atoms with Crippen LogP contribution in [0.25, 0.3) is 0 Å². The molecule has 1 aromatic heterocycles. The molecule has 2 nitrogen and oxygen atoms in total. The molecule has 0 fully saturated rings. The summed E-state index contributed by atoms with van der Waals surface area (Å²) in [6.45, 7) is 2.81. The Kier molecular flexibility index (Phi) is 6.04. The zero-order valence-corrected chi connectivity index (χ0v) is 12.3. The number of halogens is 2. The Morgan fingerprint density at radius 3 is 2.88 bits per heavy atom. The molecular weight excluding hydrogens is 332 g/mol. The predicted molar refractivity (Wildman–Crippen MR) is 74.0 cm³/mol. The van der Waals surface area contributed by atoms with Crippen molar-refractivity contribution in [2.24, 2.45) is 0 Å². The van der Waals surface area contributed by atoms with Crippen molar-refractivity contribution >= 4 is 31.9 Å². The molecular formula is C12H14Br2N2. The lowest BCUT2D eigenvalue weighted by Crippen LogP contribution is -2.27. The SMILES string of the molecule is C#CC(CCC)NCc1ncc(Br)cc1Br. The molecule has 0 amide bonds. The molecule has 0 radical (unpaired) electrons. The standard InChI is InChI=1S/C12H14Br2N2/c1-3-5-10(4-2)15-8-12-11(14)6-9(13)7-16-12/h2,6-7,10,15H,3,5,8H2,1H3. The Hall–Kier alpha value is -0.370. The zero-order valence-electron chi connectivity index (χ0n) is 9.13. The van der Waals surface area contributed by atoms with Gasteiger partial charge in [-0.3, -0.25) is 10.3 Å². The van der Waals surface area contributed by atoms with E-state index in [-0.39, 0.29) is 6.04 Å². The second kappa shape index (κ2) is 7.05. The molecule has 0 saturated carbocycles. The van der Waals surface area contributed by atoms with Crippen LogP contribution in [0.4, 0.5) is 0 Å². The molecule has 86 valence electrons. The van der Waals surface area contributed by atoms with Gasteiger partial charge < -0.3 is 0 Å². The van der Waals surface area contributed by atoms with Gasteiger partial charge in [0.25, 0.3) is 0 Å². The van der Waals surface area contributed by atoms with E-state index in [0.717, 1.165) is 27.5 Å². The van der Waals surface area contributed by atoms with Crippen LogP contribution in [0.5, 0.6) is 0 Å². The highest BCUT2D eigenvalue weighted by Crippen LogP contribution is 2.19. The van der Waals surface area contributed by atoms with E-state index in [1.165, 1.54) is 0 Å². The van der Waals surface area contributed by atoms with Gasteiger partial charge >= 0.3 is 0 Å². The lowest BCUT2D eigenvalue weighted by Gasteiger charge is -2.12. The monoisotopic (exact) mass is 344 g/mol. The van der Waals surface area contributed by atoms with Crippen molar-refractivity contribution in [1.82, 2.24) is 10.3 Å². The minimum atomic E-state index is 0.127. The molecule has 0 aliphatic heterocycles. The summed E-state index contributed by atoms with van der Waals surface area (Å²) in [4.78, 5) is 4.32. The van der Waals surface area contributed by atoms with Gasteiger partial charge in [-0.15, -0.1) is 6.42 Å². The Morgan fingerprint density at radius 2 is 2.31 bits per heavy atom. The number of nitrogens with one attached hydrogen (secondary N) is 1. The number of hydrogen-bond acceptors (Lipinski definition) is 2. The van der Waals surface area contributed by atoms with Gasteiger partial charge in [-0.25, -0.2) is 0 Å². The van der Waals surface area contributed by atoms with Crippen LogP contribution in [0.15, 0.2) is 21.2 Å². The van der Waals surface area contributed by atoms with Crippen LogP contribution >= 0.6 is 31.9 Å². The van der Waals surface area contributed by atoms with E-state index < -0.39 is 0 Å². The van der Waals surface area contributed by atoms with E-state index in [4.69, 9.17) is 6.42 Å². The van der Waals surface area contributed by atoms with Gasteiger partial charge in [0.1, 0.15) is 0 Å². The van der Waals surface area contributed by atoms with Crippen LogP contribution in [0.1, 0.15) is 25.5 Å². The molecule has 1 rings (SSSR count). The van der Waals surface area contributed by atoms with Crippen molar-refractivity contribution < 1.29 is 0 Å². The van der Waals surface area contributed by atoms with Crippen molar-refractivity contribution in [2.75, 3.05) is 0 Å². The van der Waals surface area contributed by atoms with Gasteiger partial charge in [0.15, 0.2) is 0 Å². The highest BCUT2D eigenvalue weighted by Gasteiger charge is 2.06. The summed E-state index contributed by atoms with van der Waals surface area (Å²) in [5.41, 5.74) is 0.972. The van der Waals surface area contributed by atoms with Crippen LogP contribution in [-0.2, 0) is 6.54 Å². The first-order valence-electron chi connectivity index (χ1n) is 5.16. The average molecular weight is 346 g/mol. The topological polar surface area (TPSA) is 24.9 Å². The Bertz CT molecular complexity index is 385. The van der Waals surface area contributed by atoms with Gasteiger partial charge in [-0.1, -0.05) is 19.3 Å². The number of nitrogens with zero attached hydrogens (tertiary/aromatic N) is 1. The highest BCUT2D eigenvalue weighted by molar-refractivity contribution is 9.11. The fraction of sp³-hybridized carbons (Fsp3) is 0.417. The molecule has 0 saturated heterocycles. The third-order valence-electron chi connectivity index (χ3n) is 2.18. The maximum absolute atomic E-state index is 5.43. The minimum absolute atomic E-state index is 0.127. The van der Waals surface area contributed by atoms with Crippen LogP contribution in [0.3, 0.4) is 0 Å². The van der Waals surface area contributed by atoms with Gasteiger partial charge in [-0.05, 0) is 44.3 Å². The van der Waals surface area contributed by atoms with Gasteiger partial charge in [0, 0.05) is 21.7 Å². The van der Waals surface area contributed by atoms with E-state index in [9.17, 15) is 0 Å². The Balaban J connectivity index is 2.57. The van der Waals surface area contributed by atoms with Crippen molar-refractivity contribution in [1.29, 1.82) is 0 Å². The van der Waals surface area contributed by atoms with E-state index >= 15 is 0 Å². The van der Waals surface area contributed by atoms with Crippen molar-refractivity contribution in [3.8, 4) is 12.3 Å². The molecule has 16 heavy (non-hydrogen) atoms. The summed E-state index contributed by atoms with van der Waals surface area (Å²) >= 11 is 6.84. The molecule has 0 spiro atoms. The number of rotatable bonds is 5. The summed E-state index contributed by atoms with van der Waals surface area (Å²) in [6.07, 6.45) is 9.29. The molecule has 1 atom stereocenters. The molecule has 4 heteroatoms. The molecule has 0 aliphatic carbocycles. The van der Waals surface area contributed by atoms with E-state index in [1.807, 2.05) is 6.07 Å². The first-order chi connectivity index (χ1) is 7.67. The molecule has 1 N–H and O–H groups in total. The van der Waals surface area contributed by atoms with Crippen molar-refractivity contribution in [2.45, 2.75) is 32.4 Å². The van der Waals surface area contributed by atoms with Crippen molar-refractivity contribution in [3.63, 3.8) is 0 Å². The summed E-state index contributed by atoms with van der Waals surface area (Å²) in [7, 11) is 0. The highest BCUT2D eigenvalue weighted by atomic mass is 79.9. The molecule has 1 aromatic rings. The first-order valence-corrected chi connectivity index (χ1v) is 6.75. The summed E-state index contributed by atoms with van der Waals surface area (Å²) < 4.78 is 1.95. The lowest BCUT2D eigenvalue weighted by molar-refractivity contribution is 0.556. The second-order valence-electron chi connectivity index (χ2n) is 3.47. The molecule has 0 aliphatic rings. The van der Waals surface area contributed by atoms with Crippen molar-refractivity contribution in [3.05, 3.63) is 26.9 Å². The quantitative estimate of drug-likeness (QED) is 0.826. The first kappa shape index (κ1) is 13.7. The Morgan fingerprint density at radius 1 is 1.56 bits per heavy atom. The van der Waals surface area contributed by atoms with Crippen LogP contribution < -0.4 is 5.32 Å². The zero-order chi connectivity index (χ0) is 12.0. The third-order valence-corrected chi connectivity index (χ3v) is 3.30. The minimum Gasteiger partial charge on any atom is -0.298 e. The molecule has 1 heterocycles. The maximum atomic E-state index is 5.43. The Labute approximate surface area is 113 Å². The number of terminal acetylenes is 1. The smallest absolute Gasteiger partial charge is 0.0689 e. The van der Waals surface area contributed by atoms with Gasteiger partial charge in [-0.2, -0.15) is 0 Å². The number of hydrogen-bond donors (Lipinski definition) is 1. The maximum Gasteiger partial charge on any atom is 0.0689 e. The fourth-order valence-electron chi connectivity index (χ4n) is 1.33. The average Bonchev–Trinajstić information content (AvgIpc) is 2.26. The van der Waals surface area contributed by atoms with Crippen LogP contribution in [0, 0.1) is 12.3 Å². The predicted octanol–water partition coefficient (Wildman–Crippen LogP) is 3.50. The molecule has 1 unspecified atom stereocenters. The van der Waals surface area contributed by atoms with E-state index in [2.05, 4.69) is 55.0 Å². The second-order valence-corrected chi connectivity index (χ2v) is 5.24. The van der Waals surface area contributed by atoms with Crippen LogP contribution in [-0.4, -0.2) is 11.0 Å². The number of aromatic nitrogens is 1. The largest absolute Gasteiger partial charge is 0.298 e. The summed E-state index contributed by atoms with van der Waals surface area (Å²) in [5.74, 6) is 2.74. The molecule has 0 aromatic carbocycles.